The first kappa shape index (κ1) is 18.5. The van der Waals surface area contributed by atoms with Crippen LogP contribution in [0.1, 0.15) is 33.4 Å². The molecule has 0 bridgehead atoms. The number of aromatic hydroxyl groups is 1. The number of hydrogen-bond donors (Lipinski definition) is 2. The molecule has 8 heteroatoms. The van der Waals surface area contributed by atoms with Gasteiger partial charge in [-0.15, -0.1) is 0 Å². The predicted octanol–water partition coefficient (Wildman–Crippen LogP) is 1.75. The van der Waals surface area contributed by atoms with Gasteiger partial charge in [0.1, 0.15) is 18.8 Å². The third-order valence-corrected chi connectivity index (χ3v) is 2.35. The van der Waals surface area contributed by atoms with Crippen molar-refractivity contribution in [3.05, 3.63) is 18.0 Å². The molecule has 0 aliphatic rings. The van der Waals surface area contributed by atoms with Gasteiger partial charge in [-0.1, -0.05) is 0 Å². The van der Waals surface area contributed by atoms with Crippen LogP contribution in [0.15, 0.2) is 12.3 Å². The molecule has 0 radical (unpaired) electrons. The molecule has 1 rings (SSSR count). The first-order valence-electron chi connectivity index (χ1n) is 7.08. The summed E-state index contributed by atoms with van der Waals surface area (Å²) >= 11 is 0. The van der Waals surface area contributed by atoms with E-state index in [4.69, 9.17) is 14.2 Å². The molecule has 0 aliphatic carbocycles. The normalized spacial score (nSPS) is 10.8. The molecule has 0 saturated carbocycles. The highest BCUT2D eigenvalue weighted by Gasteiger charge is 2.15. The molecule has 1 aromatic heterocycles. The van der Waals surface area contributed by atoms with E-state index in [1.54, 1.807) is 20.8 Å². The number of ether oxygens (including phenoxy) is 3. The van der Waals surface area contributed by atoms with Crippen LogP contribution in [-0.4, -0.2) is 40.9 Å². The quantitative estimate of drug-likeness (QED) is 0.606. The van der Waals surface area contributed by atoms with Crippen molar-refractivity contribution in [2.24, 2.45) is 0 Å². The summed E-state index contributed by atoms with van der Waals surface area (Å²) in [5, 5.41) is 12.2. The Bertz CT molecular complexity index is 553. The molecule has 1 heterocycles. The van der Waals surface area contributed by atoms with Gasteiger partial charge in [0.15, 0.2) is 11.5 Å². The van der Waals surface area contributed by atoms with Gasteiger partial charge in [-0.25, -0.2) is 4.79 Å². The molecule has 2 N–H and O–H groups in total. The number of carbonyl (C=O) groups excluding carboxylic acids is 2. The lowest BCUT2D eigenvalue weighted by Gasteiger charge is -2.19. The van der Waals surface area contributed by atoms with Gasteiger partial charge in [0.2, 0.25) is 0 Å². The summed E-state index contributed by atoms with van der Waals surface area (Å²) in [4.78, 5) is 26.1. The number of nitrogens with zero attached hydrogens (tertiary/aromatic N) is 1. The van der Waals surface area contributed by atoms with Crippen molar-refractivity contribution in [3.63, 3.8) is 0 Å². The second kappa shape index (κ2) is 8.21. The number of alkyl carbamates (subject to hydrolysis) is 1. The van der Waals surface area contributed by atoms with Crippen molar-refractivity contribution < 1.29 is 28.9 Å². The van der Waals surface area contributed by atoms with Crippen molar-refractivity contribution in [2.75, 3.05) is 13.2 Å². The fourth-order valence-electron chi connectivity index (χ4n) is 1.47. The Morgan fingerprint density at radius 2 is 2.04 bits per heavy atom. The highest BCUT2D eigenvalue weighted by Crippen LogP contribution is 2.25. The van der Waals surface area contributed by atoms with Crippen LogP contribution < -0.4 is 10.1 Å². The van der Waals surface area contributed by atoms with Crippen LogP contribution in [0, 0.1) is 0 Å². The van der Waals surface area contributed by atoms with Crippen LogP contribution in [0.2, 0.25) is 0 Å². The number of nitrogens with one attached hydrogen (secondary N) is 1. The van der Waals surface area contributed by atoms with E-state index < -0.39 is 17.7 Å². The SMILES string of the molecule is CC(=O)OCc1cc(OCCNC(=O)OC(C)(C)C)c(O)cn1. The fourth-order valence-corrected chi connectivity index (χ4v) is 1.47. The summed E-state index contributed by atoms with van der Waals surface area (Å²) in [5.74, 6) is -0.383. The van der Waals surface area contributed by atoms with Gasteiger partial charge >= 0.3 is 12.1 Å². The highest BCUT2D eigenvalue weighted by atomic mass is 16.6. The Morgan fingerprint density at radius 3 is 2.65 bits per heavy atom. The molecule has 0 spiro atoms. The molecular weight excluding hydrogens is 304 g/mol. The van der Waals surface area contributed by atoms with E-state index in [1.807, 2.05) is 0 Å². The van der Waals surface area contributed by atoms with Crippen LogP contribution in [0.3, 0.4) is 0 Å². The lowest BCUT2D eigenvalue weighted by molar-refractivity contribution is -0.142. The van der Waals surface area contributed by atoms with Crippen molar-refractivity contribution in [2.45, 2.75) is 39.9 Å². The Balaban J connectivity index is 2.43. The summed E-state index contributed by atoms with van der Waals surface area (Å²) in [5.41, 5.74) is -0.131. The monoisotopic (exact) mass is 326 g/mol. The van der Waals surface area contributed by atoms with Crippen molar-refractivity contribution in [1.82, 2.24) is 10.3 Å². The number of esters is 1. The maximum Gasteiger partial charge on any atom is 0.407 e. The molecule has 0 unspecified atom stereocenters. The minimum atomic E-state index is -0.570. The second-order valence-electron chi connectivity index (χ2n) is 5.70. The molecular formula is C15H22N2O6. The summed E-state index contributed by atoms with van der Waals surface area (Å²) in [6, 6.07) is 1.46. The van der Waals surface area contributed by atoms with Crippen LogP contribution in [0.5, 0.6) is 11.5 Å². The molecule has 128 valence electrons. The topological polar surface area (TPSA) is 107 Å². The molecule has 0 aliphatic heterocycles. The first-order chi connectivity index (χ1) is 10.7. The minimum absolute atomic E-state index is 0.0118. The largest absolute Gasteiger partial charge is 0.503 e. The van der Waals surface area contributed by atoms with Gasteiger partial charge in [0.05, 0.1) is 18.4 Å². The molecule has 0 aromatic carbocycles. The lowest BCUT2D eigenvalue weighted by Crippen LogP contribution is -2.34. The van der Waals surface area contributed by atoms with E-state index in [0.717, 1.165) is 0 Å². The van der Waals surface area contributed by atoms with Crippen LogP contribution in [0.25, 0.3) is 0 Å². The molecule has 1 amide bonds. The van der Waals surface area contributed by atoms with Gasteiger partial charge in [-0.3, -0.25) is 9.78 Å². The third-order valence-electron chi connectivity index (χ3n) is 2.35. The predicted molar refractivity (Wildman–Crippen MR) is 81.1 cm³/mol. The van der Waals surface area contributed by atoms with E-state index in [9.17, 15) is 14.7 Å². The summed E-state index contributed by atoms with van der Waals surface area (Å²) in [6.07, 6.45) is 0.658. The van der Waals surface area contributed by atoms with Gasteiger partial charge in [0, 0.05) is 13.0 Å². The van der Waals surface area contributed by atoms with Gasteiger partial charge in [-0.2, -0.15) is 0 Å². The Morgan fingerprint density at radius 1 is 1.35 bits per heavy atom. The average molecular weight is 326 g/mol. The molecule has 1 aromatic rings. The van der Waals surface area contributed by atoms with Crippen molar-refractivity contribution >= 4 is 12.1 Å². The zero-order chi connectivity index (χ0) is 17.5. The average Bonchev–Trinajstić information content (AvgIpc) is 2.41. The number of pyridine rings is 1. The molecule has 0 fully saturated rings. The van der Waals surface area contributed by atoms with Crippen molar-refractivity contribution in [3.8, 4) is 11.5 Å². The zero-order valence-electron chi connectivity index (χ0n) is 13.7. The molecule has 0 saturated heterocycles. The minimum Gasteiger partial charge on any atom is -0.503 e. The fraction of sp³-hybridized carbons (Fsp3) is 0.533. The van der Waals surface area contributed by atoms with Crippen molar-refractivity contribution in [1.29, 1.82) is 0 Å². The number of hydrogen-bond acceptors (Lipinski definition) is 7. The standard InChI is InChI=1S/C15H22N2O6/c1-10(18)22-9-11-7-13(12(19)8-17-11)21-6-5-16-14(20)23-15(2,3)4/h7-8,19H,5-6,9H2,1-4H3,(H,16,20). The Labute approximate surface area is 134 Å². The van der Waals surface area contributed by atoms with Crippen LogP contribution >= 0.6 is 0 Å². The van der Waals surface area contributed by atoms with E-state index in [-0.39, 0.29) is 31.3 Å². The van der Waals surface area contributed by atoms with Gasteiger partial charge in [0.25, 0.3) is 0 Å². The Hall–Kier alpha value is -2.51. The smallest absolute Gasteiger partial charge is 0.407 e. The first-order valence-corrected chi connectivity index (χ1v) is 7.08. The third kappa shape index (κ3) is 7.89. The molecule has 0 atom stereocenters. The number of carbonyl (C=O) groups is 2. The number of rotatable bonds is 6. The number of amides is 1. The molecule has 23 heavy (non-hydrogen) atoms. The summed E-state index contributed by atoms with van der Waals surface area (Å²) in [7, 11) is 0. The summed E-state index contributed by atoms with van der Waals surface area (Å²) < 4.78 is 15.3. The van der Waals surface area contributed by atoms with E-state index in [1.165, 1.54) is 19.2 Å². The zero-order valence-corrected chi connectivity index (χ0v) is 13.7. The van der Waals surface area contributed by atoms with E-state index in [0.29, 0.717) is 5.69 Å². The van der Waals surface area contributed by atoms with Gasteiger partial charge in [-0.05, 0) is 20.8 Å². The molecule has 8 nitrogen and oxygen atoms in total. The number of aromatic nitrogens is 1. The maximum absolute atomic E-state index is 11.4. The highest BCUT2D eigenvalue weighted by molar-refractivity contribution is 5.67. The summed E-state index contributed by atoms with van der Waals surface area (Å²) in [6.45, 7) is 6.91. The Kier molecular flexibility index (Phi) is 6.62. The maximum atomic E-state index is 11.4. The van der Waals surface area contributed by atoms with Crippen LogP contribution in [-0.2, 0) is 20.9 Å². The lowest BCUT2D eigenvalue weighted by atomic mass is 10.2. The van der Waals surface area contributed by atoms with E-state index in [2.05, 4.69) is 10.3 Å². The van der Waals surface area contributed by atoms with Crippen LogP contribution in [0.4, 0.5) is 4.79 Å². The van der Waals surface area contributed by atoms with E-state index >= 15 is 0 Å². The second-order valence-corrected chi connectivity index (χ2v) is 5.70. The van der Waals surface area contributed by atoms with Gasteiger partial charge < -0.3 is 24.6 Å².